The third kappa shape index (κ3) is 9.17. The predicted octanol–water partition coefficient (Wildman–Crippen LogP) is 2.37. The van der Waals surface area contributed by atoms with Gasteiger partial charge in [0, 0.05) is 56.5 Å². The van der Waals surface area contributed by atoms with Crippen LogP contribution in [0.4, 0.5) is 0 Å². The number of halogens is 1. The highest BCUT2D eigenvalue weighted by atomic mass is 127. The number of guanidine groups is 1. The summed E-state index contributed by atoms with van der Waals surface area (Å²) in [5.41, 5.74) is 1.26. The lowest BCUT2D eigenvalue weighted by atomic mass is 9.93. The standard InChI is InChI=1S/C20H36N6OS.HI/c1-6-22-19(23-10-7-18-25-16(14-28-18)20(2,3)4)24-15-8-11-26(12-9-15)13-17(27)21-5;/h14-15H,6-13H2,1-5H3,(H,21,27)(H2,22,23,24);1H. The van der Waals surface area contributed by atoms with E-state index >= 15 is 0 Å². The fraction of sp³-hybridized carbons (Fsp3) is 0.750. The fourth-order valence-electron chi connectivity index (χ4n) is 3.06. The third-order valence-electron chi connectivity index (χ3n) is 4.83. The first kappa shape index (κ1) is 26.1. The molecule has 3 N–H and O–H groups in total. The summed E-state index contributed by atoms with van der Waals surface area (Å²) in [6, 6.07) is 0.395. The number of likely N-dealkylation sites (N-methyl/N-ethyl adjacent to an activating group) is 1. The molecule has 7 nitrogen and oxygen atoms in total. The molecule has 1 saturated heterocycles. The zero-order valence-electron chi connectivity index (χ0n) is 18.4. The number of nitrogens with zero attached hydrogens (tertiary/aromatic N) is 3. The van der Waals surface area contributed by atoms with Gasteiger partial charge < -0.3 is 16.0 Å². The van der Waals surface area contributed by atoms with Gasteiger partial charge in [0.05, 0.1) is 17.2 Å². The summed E-state index contributed by atoms with van der Waals surface area (Å²) in [4.78, 5) is 23.2. The van der Waals surface area contributed by atoms with Crippen molar-refractivity contribution in [2.45, 2.75) is 58.4 Å². The molecule has 0 radical (unpaired) electrons. The molecule has 1 aromatic heterocycles. The predicted molar refractivity (Wildman–Crippen MR) is 133 cm³/mol. The van der Waals surface area contributed by atoms with E-state index in [1.165, 1.54) is 0 Å². The molecule has 1 fully saturated rings. The highest BCUT2D eigenvalue weighted by molar-refractivity contribution is 14.0. The minimum atomic E-state index is 0. The number of rotatable bonds is 7. The van der Waals surface area contributed by atoms with E-state index in [2.05, 4.69) is 53.9 Å². The Hall–Kier alpha value is -0.940. The van der Waals surface area contributed by atoms with E-state index in [0.717, 1.165) is 62.1 Å². The van der Waals surface area contributed by atoms with Gasteiger partial charge in [-0.3, -0.25) is 14.7 Å². The second-order valence-corrected chi connectivity index (χ2v) is 9.20. The van der Waals surface area contributed by atoms with Gasteiger partial charge in [-0.1, -0.05) is 20.8 Å². The molecule has 0 aromatic carbocycles. The molecule has 0 bridgehead atoms. The number of aromatic nitrogens is 1. The molecule has 0 unspecified atom stereocenters. The lowest BCUT2D eigenvalue weighted by molar-refractivity contribution is -0.122. The summed E-state index contributed by atoms with van der Waals surface area (Å²) in [6.07, 6.45) is 2.90. The van der Waals surface area contributed by atoms with Crippen molar-refractivity contribution in [2.24, 2.45) is 4.99 Å². The maximum absolute atomic E-state index is 11.5. The molecule has 2 rings (SSSR count). The van der Waals surface area contributed by atoms with Crippen molar-refractivity contribution in [1.29, 1.82) is 0 Å². The highest BCUT2D eigenvalue weighted by Gasteiger charge is 2.21. The SMILES string of the molecule is CCNC(=NCCc1nc(C(C)(C)C)cs1)NC1CCN(CC(=O)NC)CC1.I. The second-order valence-electron chi connectivity index (χ2n) is 8.26. The Balaban J connectivity index is 0.00000420. The summed E-state index contributed by atoms with van der Waals surface area (Å²) in [5, 5.41) is 12.9. The minimum Gasteiger partial charge on any atom is -0.358 e. The largest absolute Gasteiger partial charge is 0.358 e. The van der Waals surface area contributed by atoms with Crippen molar-refractivity contribution in [3.8, 4) is 0 Å². The van der Waals surface area contributed by atoms with Gasteiger partial charge >= 0.3 is 0 Å². The fourth-order valence-corrected chi connectivity index (χ4v) is 4.08. The van der Waals surface area contributed by atoms with Crippen LogP contribution < -0.4 is 16.0 Å². The number of aliphatic imine (C=N–C) groups is 1. The zero-order valence-corrected chi connectivity index (χ0v) is 21.5. The van der Waals surface area contributed by atoms with E-state index in [4.69, 9.17) is 9.98 Å². The Kier molecular flexibility index (Phi) is 11.4. The Morgan fingerprint density at radius 3 is 2.59 bits per heavy atom. The van der Waals surface area contributed by atoms with Crippen molar-refractivity contribution >= 4 is 47.2 Å². The molecule has 0 atom stereocenters. The van der Waals surface area contributed by atoms with Crippen molar-refractivity contribution in [3.05, 3.63) is 16.1 Å². The van der Waals surface area contributed by atoms with Crippen molar-refractivity contribution < 1.29 is 4.79 Å². The van der Waals surface area contributed by atoms with E-state index in [-0.39, 0.29) is 35.3 Å². The average Bonchev–Trinajstić information content (AvgIpc) is 3.13. The number of carbonyl (C=O) groups excluding carboxylic acids is 1. The lowest BCUT2D eigenvalue weighted by Gasteiger charge is -2.32. The van der Waals surface area contributed by atoms with E-state index < -0.39 is 0 Å². The Morgan fingerprint density at radius 2 is 2.03 bits per heavy atom. The molecule has 1 aliphatic heterocycles. The monoisotopic (exact) mass is 536 g/mol. The van der Waals surface area contributed by atoms with Crippen LogP contribution in [-0.4, -0.2) is 67.6 Å². The van der Waals surface area contributed by atoms with Crippen LogP contribution in [0.5, 0.6) is 0 Å². The average molecular weight is 537 g/mol. The van der Waals surface area contributed by atoms with Crippen LogP contribution in [0.25, 0.3) is 0 Å². The van der Waals surface area contributed by atoms with Crippen LogP contribution in [-0.2, 0) is 16.6 Å². The van der Waals surface area contributed by atoms with Gasteiger partial charge in [-0.25, -0.2) is 4.98 Å². The van der Waals surface area contributed by atoms with Crippen molar-refractivity contribution in [3.63, 3.8) is 0 Å². The van der Waals surface area contributed by atoms with Gasteiger partial charge in [0.2, 0.25) is 5.91 Å². The summed E-state index contributed by atoms with van der Waals surface area (Å²) in [7, 11) is 1.69. The summed E-state index contributed by atoms with van der Waals surface area (Å²) < 4.78 is 0. The third-order valence-corrected chi connectivity index (χ3v) is 5.74. The molecule has 1 aliphatic rings. The van der Waals surface area contributed by atoms with E-state index in [9.17, 15) is 4.79 Å². The molecule has 0 saturated carbocycles. The number of nitrogens with one attached hydrogen (secondary N) is 3. The topological polar surface area (TPSA) is 81.7 Å². The normalized spacial score (nSPS) is 16.2. The lowest BCUT2D eigenvalue weighted by Crippen LogP contribution is -2.50. The summed E-state index contributed by atoms with van der Waals surface area (Å²) >= 11 is 1.72. The van der Waals surface area contributed by atoms with Gasteiger partial charge in [-0.2, -0.15) is 0 Å². The molecule has 0 aliphatic carbocycles. The maximum Gasteiger partial charge on any atom is 0.233 e. The minimum absolute atomic E-state index is 0. The number of hydrogen-bond donors (Lipinski definition) is 3. The number of amides is 1. The number of piperidine rings is 1. The molecular formula is C20H37IN6OS. The van der Waals surface area contributed by atoms with Crippen molar-refractivity contribution in [1.82, 2.24) is 25.8 Å². The smallest absolute Gasteiger partial charge is 0.233 e. The van der Waals surface area contributed by atoms with Crippen LogP contribution in [0.3, 0.4) is 0 Å². The van der Waals surface area contributed by atoms with Crippen LogP contribution in [0.2, 0.25) is 0 Å². The molecule has 0 spiro atoms. The van der Waals surface area contributed by atoms with E-state index in [0.29, 0.717) is 12.6 Å². The van der Waals surface area contributed by atoms with Crippen LogP contribution >= 0.6 is 35.3 Å². The molecule has 2 heterocycles. The van der Waals surface area contributed by atoms with Gasteiger partial charge in [-0.15, -0.1) is 35.3 Å². The number of thiazole rings is 1. The first-order valence-electron chi connectivity index (χ1n) is 10.2. The number of hydrogen-bond acceptors (Lipinski definition) is 5. The van der Waals surface area contributed by atoms with Crippen molar-refractivity contribution in [2.75, 3.05) is 39.8 Å². The molecule has 1 amide bonds. The summed E-state index contributed by atoms with van der Waals surface area (Å²) in [5.74, 6) is 0.956. The molecule has 166 valence electrons. The van der Waals surface area contributed by atoms with Gasteiger partial charge in [0.1, 0.15) is 0 Å². The van der Waals surface area contributed by atoms with E-state index in [1.54, 1.807) is 18.4 Å². The molecule has 1 aromatic rings. The Labute approximate surface area is 196 Å². The summed E-state index contributed by atoms with van der Waals surface area (Å²) in [6.45, 7) is 12.6. The van der Waals surface area contributed by atoms with Gasteiger partial charge in [0.25, 0.3) is 0 Å². The van der Waals surface area contributed by atoms with Crippen LogP contribution in [0.1, 0.15) is 51.2 Å². The molecule has 9 heteroatoms. The number of likely N-dealkylation sites (tertiary alicyclic amines) is 1. The first-order chi connectivity index (χ1) is 13.3. The number of carbonyl (C=O) groups is 1. The van der Waals surface area contributed by atoms with Gasteiger partial charge in [-0.05, 0) is 19.8 Å². The quantitative estimate of drug-likeness (QED) is 0.283. The zero-order chi connectivity index (χ0) is 20.6. The Morgan fingerprint density at radius 1 is 1.34 bits per heavy atom. The maximum atomic E-state index is 11.5. The molecular weight excluding hydrogens is 499 g/mol. The van der Waals surface area contributed by atoms with E-state index in [1.807, 2.05) is 0 Å². The first-order valence-corrected chi connectivity index (χ1v) is 11.1. The highest BCUT2D eigenvalue weighted by Crippen LogP contribution is 2.24. The van der Waals surface area contributed by atoms with Gasteiger partial charge in [0.15, 0.2) is 5.96 Å². The second kappa shape index (κ2) is 12.7. The van der Waals surface area contributed by atoms with Crippen LogP contribution in [0, 0.1) is 0 Å². The Bertz CT molecular complexity index is 650. The van der Waals surface area contributed by atoms with Crippen LogP contribution in [0.15, 0.2) is 10.4 Å². The molecule has 29 heavy (non-hydrogen) atoms.